The molecular formula is C21H17ClO3. The number of rotatable bonds is 3. The smallest absolute Gasteiger partial charge is 0.204 e. The topological polar surface area (TPSA) is 43.4 Å². The number of halogens is 1. The molecule has 0 unspecified atom stereocenters. The number of hydrogen-bond donors (Lipinski definition) is 0. The average molecular weight is 353 g/mol. The first-order valence-electron chi connectivity index (χ1n) is 8.43. The Kier molecular flexibility index (Phi) is 4.18. The highest BCUT2D eigenvalue weighted by molar-refractivity contribution is 6.30. The van der Waals surface area contributed by atoms with Crippen LogP contribution < -0.4 is 0 Å². The molecule has 4 heteroatoms. The van der Waals surface area contributed by atoms with Crippen LogP contribution in [0.25, 0.3) is 0 Å². The summed E-state index contributed by atoms with van der Waals surface area (Å²) in [7, 11) is 0. The number of ketones is 2. The van der Waals surface area contributed by atoms with E-state index in [1.807, 2.05) is 30.3 Å². The van der Waals surface area contributed by atoms with E-state index in [9.17, 15) is 9.59 Å². The van der Waals surface area contributed by atoms with Crippen molar-refractivity contribution in [2.45, 2.75) is 31.3 Å². The van der Waals surface area contributed by atoms with Gasteiger partial charge in [-0.2, -0.15) is 0 Å². The van der Waals surface area contributed by atoms with Gasteiger partial charge in [-0.25, -0.2) is 0 Å². The number of carbonyl (C=O) groups excluding carboxylic acids is 2. The number of allylic oxidation sites excluding steroid dienone is 1. The highest BCUT2D eigenvalue weighted by Gasteiger charge is 2.45. The Hall–Kier alpha value is -2.39. The third kappa shape index (κ3) is 2.89. The molecule has 0 aromatic heterocycles. The zero-order chi connectivity index (χ0) is 17.4. The van der Waals surface area contributed by atoms with Crippen LogP contribution >= 0.6 is 11.6 Å². The largest absolute Gasteiger partial charge is 0.485 e. The van der Waals surface area contributed by atoms with Crippen LogP contribution in [0.4, 0.5) is 0 Å². The van der Waals surface area contributed by atoms with Crippen LogP contribution in [0.15, 0.2) is 65.9 Å². The summed E-state index contributed by atoms with van der Waals surface area (Å²) < 4.78 is 6.03. The lowest BCUT2D eigenvalue weighted by molar-refractivity contribution is -0.116. The van der Waals surface area contributed by atoms with Crippen LogP contribution in [0.1, 0.15) is 41.1 Å². The summed E-state index contributed by atoms with van der Waals surface area (Å²) in [5.41, 5.74) is 2.17. The van der Waals surface area contributed by atoms with Crippen LogP contribution in [0.5, 0.6) is 0 Å². The van der Waals surface area contributed by atoms with Gasteiger partial charge in [0.2, 0.25) is 5.78 Å². The van der Waals surface area contributed by atoms with Crippen molar-refractivity contribution in [3.8, 4) is 0 Å². The predicted molar refractivity (Wildman–Crippen MR) is 95.7 cm³/mol. The molecule has 0 spiro atoms. The minimum absolute atomic E-state index is 0.0986. The van der Waals surface area contributed by atoms with Gasteiger partial charge in [0.1, 0.15) is 5.76 Å². The fraction of sp³-hybridized carbons (Fsp3) is 0.238. The van der Waals surface area contributed by atoms with Crippen LogP contribution in [-0.2, 0) is 9.53 Å². The lowest BCUT2D eigenvalue weighted by Crippen LogP contribution is -2.28. The van der Waals surface area contributed by atoms with Gasteiger partial charge >= 0.3 is 0 Å². The molecule has 0 saturated heterocycles. The Morgan fingerprint density at radius 3 is 2.44 bits per heavy atom. The Balaban J connectivity index is 1.76. The number of benzene rings is 2. The number of carbonyl (C=O) groups is 2. The van der Waals surface area contributed by atoms with E-state index in [2.05, 4.69) is 0 Å². The molecule has 0 fully saturated rings. The quantitative estimate of drug-likeness (QED) is 0.751. The van der Waals surface area contributed by atoms with E-state index < -0.39 is 6.10 Å². The average Bonchev–Trinajstić information content (AvgIpc) is 3.03. The van der Waals surface area contributed by atoms with E-state index in [0.29, 0.717) is 28.3 Å². The number of ether oxygens (including phenoxy) is 1. The van der Waals surface area contributed by atoms with Crippen molar-refractivity contribution in [3.05, 3.63) is 82.1 Å². The van der Waals surface area contributed by atoms with Crippen molar-refractivity contribution in [2.24, 2.45) is 0 Å². The molecule has 1 aliphatic heterocycles. The maximum Gasteiger partial charge on any atom is 0.204 e. The normalized spacial score (nSPS) is 22.5. The minimum atomic E-state index is -0.698. The van der Waals surface area contributed by atoms with E-state index in [1.54, 1.807) is 24.3 Å². The second kappa shape index (κ2) is 6.49. The van der Waals surface area contributed by atoms with Gasteiger partial charge in [-0.3, -0.25) is 9.59 Å². The molecule has 25 heavy (non-hydrogen) atoms. The molecule has 3 nitrogen and oxygen atoms in total. The molecule has 0 N–H and O–H groups in total. The van der Waals surface area contributed by atoms with E-state index in [1.165, 1.54) is 0 Å². The first-order valence-corrected chi connectivity index (χ1v) is 8.80. The summed E-state index contributed by atoms with van der Waals surface area (Å²) in [4.78, 5) is 25.6. The van der Waals surface area contributed by atoms with Crippen LogP contribution in [0.2, 0.25) is 5.02 Å². The van der Waals surface area contributed by atoms with E-state index in [4.69, 9.17) is 16.3 Å². The van der Waals surface area contributed by atoms with Gasteiger partial charge in [0.25, 0.3) is 0 Å². The Morgan fingerprint density at radius 2 is 1.72 bits per heavy atom. The Bertz CT molecular complexity index is 852. The molecule has 1 aliphatic carbocycles. The van der Waals surface area contributed by atoms with Gasteiger partial charge in [-0.05, 0) is 36.2 Å². The zero-order valence-electron chi connectivity index (χ0n) is 13.6. The maximum atomic E-state index is 13.1. The highest BCUT2D eigenvalue weighted by Crippen LogP contribution is 2.45. The lowest BCUT2D eigenvalue weighted by atomic mass is 9.80. The summed E-state index contributed by atoms with van der Waals surface area (Å²) in [5.74, 6) is 0.332. The van der Waals surface area contributed by atoms with Crippen molar-refractivity contribution in [1.29, 1.82) is 0 Å². The van der Waals surface area contributed by atoms with Crippen molar-refractivity contribution in [3.63, 3.8) is 0 Å². The molecule has 0 amide bonds. The van der Waals surface area contributed by atoms with E-state index >= 15 is 0 Å². The lowest BCUT2D eigenvalue weighted by Gasteiger charge is -2.20. The van der Waals surface area contributed by atoms with E-state index in [-0.39, 0.29) is 17.5 Å². The molecule has 2 aromatic carbocycles. The monoisotopic (exact) mass is 352 g/mol. The Labute approximate surface area is 151 Å². The third-order valence-electron chi connectivity index (χ3n) is 4.84. The first kappa shape index (κ1) is 16.1. The van der Waals surface area contributed by atoms with Crippen molar-refractivity contribution < 1.29 is 14.3 Å². The molecule has 0 bridgehead atoms. The molecule has 4 rings (SSSR count). The van der Waals surface area contributed by atoms with Gasteiger partial charge in [0.05, 0.1) is 5.92 Å². The second-order valence-corrected chi connectivity index (χ2v) is 6.85. The van der Waals surface area contributed by atoms with Gasteiger partial charge in [-0.15, -0.1) is 0 Å². The van der Waals surface area contributed by atoms with Gasteiger partial charge < -0.3 is 4.74 Å². The molecular weight excluding hydrogens is 336 g/mol. The third-order valence-corrected chi connectivity index (χ3v) is 5.09. The fourth-order valence-electron chi connectivity index (χ4n) is 3.66. The van der Waals surface area contributed by atoms with Gasteiger partial charge in [-0.1, -0.05) is 41.9 Å². The molecule has 2 atom stereocenters. The van der Waals surface area contributed by atoms with Crippen LogP contribution in [-0.4, -0.2) is 17.7 Å². The summed E-state index contributed by atoms with van der Waals surface area (Å²) >= 11 is 5.92. The SMILES string of the molecule is O=C1CCCC2=C1[C@H](c1ccccc1)[C@@H](C(=O)c1ccc(Cl)cc1)O2. The van der Waals surface area contributed by atoms with Crippen LogP contribution in [0, 0.1) is 0 Å². The number of Topliss-reactive ketones (excluding diaryl/α,β-unsaturated/α-hetero) is 2. The summed E-state index contributed by atoms with van der Waals surface area (Å²) in [5, 5.41) is 0.580. The van der Waals surface area contributed by atoms with E-state index in [0.717, 1.165) is 18.4 Å². The highest BCUT2D eigenvalue weighted by atomic mass is 35.5. The van der Waals surface area contributed by atoms with Crippen molar-refractivity contribution >= 4 is 23.2 Å². The molecule has 1 heterocycles. The molecule has 2 aliphatic rings. The molecule has 0 radical (unpaired) electrons. The molecule has 2 aromatic rings. The zero-order valence-corrected chi connectivity index (χ0v) is 14.3. The first-order chi connectivity index (χ1) is 12.1. The fourth-order valence-corrected chi connectivity index (χ4v) is 3.79. The second-order valence-electron chi connectivity index (χ2n) is 6.41. The standard InChI is InChI=1S/C21H17ClO3/c22-15-11-9-14(10-12-15)20(24)21-18(13-5-2-1-3-6-13)19-16(23)7-4-8-17(19)25-21/h1-3,5-6,9-12,18,21H,4,7-8H2/t18-,21-/m0/s1. The van der Waals surface area contributed by atoms with Gasteiger partial charge in [0.15, 0.2) is 11.9 Å². The summed E-state index contributed by atoms with van der Waals surface area (Å²) in [6.45, 7) is 0. The van der Waals surface area contributed by atoms with Crippen LogP contribution in [0.3, 0.4) is 0 Å². The predicted octanol–water partition coefficient (Wildman–Crippen LogP) is 4.71. The van der Waals surface area contributed by atoms with Gasteiger partial charge in [0, 0.05) is 29.0 Å². The summed E-state index contributed by atoms with van der Waals surface area (Å²) in [6, 6.07) is 16.5. The number of hydrogen-bond acceptors (Lipinski definition) is 3. The van der Waals surface area contributed by atoms with Crippen molar-refractivity contribution in [1.82, 2.24) is 0 Å². The molecule has 0 saturated carbocycles. The maximum absolute atomic E-state index is 13.1. The summed E-state index contributed by atoms with van der Waals surface area (Å²) in [6.07, 6.45) is 1.32. The Morgan fingerprint density at radius 1 is 1.00 bits per heavy atom. The molecule has 126 valence electrons. The minimum Gasteiger partial charge on any atom is -0.485 e. The van der Waals surface area contributed by atoms with Crippen molar-refractivity contribution in [2.75, 3.05) is 0 Å².